The molecule has 0 unspecified atom stereocenters. The number of hydrogen-bond donors (Lipinski definition) is 1. The van der Waals surface area contributed by atoms with Crippen molar-refractivity contribution in [2.75, 3.05) is 13.1 Å². The number of carbonyl (C=O) groups is 1. The maximum atomic E-state index is 11.9. The van der Waals surface area contributed by atoms with E-state index in [1.807, 2.05) is 13.8 Å². The summed E-state index contributed by atoms with van der Waals surface area (Å²) < 4.78 is 5.51. The Morgan fingerprint density at radius 2 is 2.25 bits per heavy atom. The van der Waals surface area contributed by atoms with Crippen molar-refractivity contribution in [2.45, 2.75) is 20.0 Å². The molecule has 0 aliphatic carbocycles. The van der Waals surface area contributed by atoms with Gasteiger partial charge in [-0.25, -0.2) is 0 Å². The number of carbonyl (C=O) groups excluding carboxylic acids is 1. The van der Waals surface area contributed by atoms with Crippen LogP contribution in [0.2, 0.25) is 0 Å². The highest BCUT2D eigenvalue weighted by Crippen LogP contribution is 2.17. The first-order chi connectivity index (χ1) is 7.66. The second kappa shape index (κ2) is 4.61. The molecule has 0 atom stereocenters. The minimum absolute atomic E-state index is 0.0949. The summed E-state index contributed by atoms with van der Waals surface area (Å²) >= 11 is 0. The number of hydrogen-bond acceptors (Lipinski definition) is 4. The normalized spacial score (nSPS) is 15.9. The molecule has 1 aliphatic heterocycles. The highest BCUT2D eigenvalue weighted by Gasteiger charge is 2.26. The van der Waals surface area contributed by atoms with Gasteiger partial charge in [0.05, 0.1) is 12.3 Å². The third kappa shape index (κ3) is 2.39. The lowest BCUT2D eigenvalue weighted by molar-refractivity contribution is 0.0877. The molecular weight excluding hydrogens is 204 g/mol. The van der Waals surface area contributed by atoms with Crippen LogP contribution in [0.1, 0.15) is 24.2 Å². The summed E-state index contributed by atoms with van der Waals surface area (Å²) in [5.41, 5.74) is 0.643. The molecule has 1 N–H and O–H groups in total. The van der Waals surface area contributed by atoms with E-state index in [2.05, 4.69) is 10.3 Å². The Balaban J connectivity index is 2.11. The van der Waals surface area contributed by atoms with Gasteiger partial charge in [0.1, 0.15) is 5.75 Å². The van der Waals surface area contributed by atoms with E-state index in [1.54, 1.807) is 18.5 Å². The largest absolute Gasteiger partial charge is 0.489 e. The average molecular weight is 220 g/mol. The molecule has 1 aromatic rings. The minimum Gasteiger partial charge on any atom is -0.489 e. The molecular formula is C12H16N2O2. The van der Waals surface area contributed by atoms with Crippen molar-refractivity contribution in [1.82, 2.24) is 10.3 Å². The Kier molecular flexibility index (Phi) is 3.19. The fourth-order valence-electron chi connectivity index (χ4n) is 1.60. The first-order valence-electron chi connectivity index (χ1n) is 5.53. The molecule has 16 heavy (non-hydrogen) atoms. The minimum atomic E-state index is 0.0949. The second-order valence-corrected chi connectivity index (χ2v) is 4.30. The zero-order valence-corrected chi connectivity index (χ0v) is 9.56. The van der Waals surface area contributed by atoms with Gasteiger partial charge in [-0.3, -0.25) is 9.78 Å². The lowest BCUT2D eigenvalue weighted by atomic mass is 9.94. The molecule has 0 radical (unpaired) electrons. The van der Waals surface area contributed by atoms with Gasteiger partial charge in [-0.2, -0.15) is 0 Å². The van der Waals surface area contributed by atoms with Crippen LogP contribution in [0.25, 0.3) is 0 Å². The molecule has 4 nitrogen and oxygen atoms in total. The number of nitrogens with one attached hydrogen (secondary N) is 1. The Morgan fingerprint density at radius 3 is 2.81 bits per heavy atom. The van der Waals surface area contributed by atoms with Gasteiger partial charge in [0, 0.05) is 30.8 Å². The van der Waals surface area contributed by atoms with Crippen molar-refractivity contribution in [3.05, 3.63) is 24.0 Å². The van der Waals surface area contributed by atoms with E-state index in [-0.39, 0.29) is 17.8 Å². The molecule has 86 valence electrons. The van der Waals surface area contributed by atoms with Crippen LogP contribution in [0.3, 0.4) is 0 Å². The van der Waals surface area contributed by atoms with Crippen LogP contribution >= 0.6 is 0 Å². The summed E-state index contributed by atoms with van der Waals surface area (Å²) in [5, 5.41) is 3.09. The summed E-state index contributed by atoms with van der Waals surface area (Å²) in [6.07, 6.45) is 3.33. The van der Waals surface area contributed by atoms with Crippen molar-refractivity contribution in [1.29, 1.82) is 0 Å². The first-order valence-corrected chi connectivity index (χ1v) is 5.53. The number of pyridine rings is 1. The van der Waals surface area contributed by atoms with E-state index in [4.69, 9.17) is 4.74 Å². The van der Waals surface area contributed by atoms with Gasteiger partial charge < -0.3 is 10.1 Å². The summed E-state index contributed by atoms with van der Waals surface area (Å²) in [7, 11) is 0. The predicted molar refractivity (Wildman–Crippen MR) is 60.7 cm³/mol. The van der Waals surface area contributed by atoms with Crippen LogP contribution in [-0.2, 0) is 0 Å². The molecule has 1 fully saturated rings. The second-order valence-electron chi connectivity index (χ2n) is 4.30. The van der Waals surface area contributed by atoms with Crippen molar-refractivity contribution in [3.63, 3.8) is 0 Å². The highest BCUT2D eigenvalue weighted by atomic mass is 16.5. The monoisotopic (exact) mass is 220 g/mol. The number of ketones is 1. The zero-order valence-electron chi connectivity index (χ0n) is 9.56. The molecule has 1 saturated heterocycles. The van der Waals surface area contributed by atoms with Crippen LogP contribution < -0.4 is 10.1 Å². The Bertz CT molecular complexity index is 386. The molecule has 4 heteroatoms. The van der Waals surface area contributed by atoms with E-state index in [0.717, 1.165) is 13.1 Å². The standard InChI is InChI=1S/C12H16N2O2/c1-8(2)16-11-3-9(4-14-7-11)12(15)10-5-13-6-10/h3-4,7-8,10,13H,5-6H2,1-2H3. The summed E-state index contributed by atoms with van der Waals surface area (Å²) in [6.45, 7) is 5.44. The molecule has 2 rings (SSSR count). The number of aromatic nitrogens is 1. The molecule has 1 aliphatic rings. The lowest BCUT2D eigenvalue weighted by Gasteiger charge is -2.25. The Hall–Kier alpha value is -1.42. The topological polar surface area (TPSA) is 51.2 Å². The molecule has 0 spiro atoms. The van der Waals surface area contributed by atoms with Crippen LogP contribution in [0.15, 0.2) is 18.5 Å². The SMILES string of the molecule is CC(C)Oc1cncc(C(=O)C2CNC2)c1. The fraction of sp³-hybridized carbons (Fsp3) is 0.500. The van der Waals surface area contributed by atoms with Crippen molar-refractivity contribution >= 4 is 5.78 Å². The van der Waals surface area contributed by atoms with Gasteiger partial charge in [-0.1, -0.05) is 0 Å². The zero-order chi connectivity index (χ0) is 11.5. The summed E-state index contributed by atoms with van der Waals surface area (Å²) in [6, 6.07) is 1.77. The van der Waals surface area contributed by atoms with Crippen LogP contribution in [0, 0.1) is 5.92 Å². The van der Waals surface area contributed by atoms with Crippen LogP contribution in [-0.4, -0.2) is 30.0 Å². The van der Waals surface area contributed by atoms with Gasteiger partial charge in [0.25, 0.3) is 0 Å². The van der Waals surface area contributed by atoms with Gasteiger partial charge in [0.2, 0.25) is 0 Å². The molecule has 0 aromatic carbocycles. The van der Waals surface area contributed by atoms with E-state index in [1.165, 1.54) is 0 Å². The maximum absolute atomic E-state index is 11.9. The van der Waals surface area contributed by atoms with E-state index in [0.29, 0.717) is 11.3 Å². The molecule has 1 aromatic heterocycles. The van der Waals surface area contributed by atoms with Crippen molar-refractivity contribution in [3.8, 4) is 5.75 Å². The Morgan fingerprint density at radius 1 is 1.50 bits per heavy atom. The number of ether oxygens (including phenoxy) is 1. The molecule has 0 amide bonds. The number of rotatable bonds is 4. The highest BCUT2D eigenvalue weighted by molar-refractivity contribution is 5.98. The van der Waals surface area contributed by atoms with Gasteiger partial charge in [-0.15, -0.1) is 0 Å². The average Bonchev–Trinajstić information content (AvgIpc) is 2.14. The molecule has 0 saturated carbocycles. The van der Waals surface area contributed by atoms with Gasteiger partial charge >= 0.3 is 0 Å². The first kappa shape index (κ1) is 11.1. The summed E-state index contributed by atoms with van der Waals surface area (Å²) in [5.74, 6) is 0.921. The summed E-state index contributed by atoms with van der Waals surface area (Å²) in [4.78, 5) is 16.0. The number of nitrogens with zero attached hydrogens (tertiary/aromatic N) is 1. The molecule has 0 bridgehead atoms. The lowest BCUT2D eigenvalue weighted by Crippen LogP contribution is -2.46. The van der Waals surface area contributed by atoms with E-state index >= 15 is 0 Å². The van der Waals surface area contributed by atoms with Crippen molar-refractivity contribution < 1.29 is 9.53 Å². The van der Waals surface area contributed by atoms with E-state index < -0.39 is 0 Å². The fourth-order valence-corrected chi connectivity index (χ4v) is 1.60. The number of Topliss-reactive ketones (excluding diaryl/α,β-unsaturated/α-hetero) is 1. The third-order valence-corrected chi connectivity index (χ3v) is 2.52. The Labute approximate surface area is 95.0 Å². The third-order valence-electron chi connectivity index (χ3n) is 2.52. The van der Waals surface area contributed by atoms with Gasteiger partial charge in [0.15, 0.2) is 5.78 Å². The molecule has 2 heterocycles. The van der Waals surface area contributed by atoms with Crippen LogP contribution in [0.5, 0.6) is 5.75 Å². The predicted octanol–water partition coefficient (Wildman–Crippen LogP) is 1.27. The van der Waals surface area contributed by atoms with Crippen molar-refractivity contribution in [2.24, 2.45) is 5.92 Å². The van der Waals surface area contributed by atoms with E-state index in [9.17, 15) is 4.79 Å². The maximum Gasteiger partial charge on any atom is 0.170 e. The smallest absolute Gasteiger partial charge is 0.170 e. The van der Waals surface area contributed by atoms with Crippen LogP contribution in [0.4, 0.5) is 0 Å². The quantitative estimate of drug-likeness (QED) is 0.776. The van der Waals surface area contributed by atoms with Gasteiger partial charge in [-0.05, 0) is 19.9 Å².